The molecule has 0 spiro atoms. The third kappa shape index (κ3) is 3.07. The molecule has 0 bridgehead atoms. The van der Waals surface area contributed by atoms with E-state index in [1.54, 1.807) is 6.33 Å². The van der Waals surface area contributed by atoms with Gasteiger partial charge in [0.25, 0.3) is 0 Å². The Hall–Kier alpha value is -2.18. The lowest BCUT2D eigenvalue weighted by atomic mass is 10.1. The monoisotopic (exact) mass is 327 g/mol. The Morgan fingerprint density at radius 3 is 2.83 bits per heavy atom. The van der Waals surface area contributed by atoms with Crippen molar-refractivity contribution in [2.24, 2.45) is 0 Å². The molecule has 2 aromatic heterocycles. The molecule has 2 aromatic rings. The molecule has 0 saturated carbocycles. The van der Waals surface area contributed by atoms with Crippen molar-refractivity contribution in [1.29, 1.82) is 0 Å². The Kier molecular flexibility index (Phi) is 4.08. The van der Waals surface area contributed by atoms with Crippen LogP contribution in [-0.2, 0) is 13.0 Å². The van der Waals surface area contributed by atoms with Crippen LogP contribution in [0.2, 0.25) is 0 Å². The average Bonchev–Trinajstić information content (AvgIpc) is 3.24. The van der Waals surface area contributed by atoms with Gasteiger partial charge in [-0.2, -0.15) is 5.10 Å². The van der Waals surface area contributed by atoms with Gasteiger partial charge < -0.3 is 10.2 Å². The van der Waals surface area contributed by atoms with Gasteiger partial charge in [-0.1, -0.05) is 13.8 Å². The van der Waals surface area contributed by atoms with Crippen molar-refractivity contribution >= 4 is 11.6 Å². The summed E-state index contributed by atoms with van der Waals surface area (Å²) in [5, 5.41) is 8.20. The van der Waals surface area contributed by atoms with Gasteiger partial charge in [0.05, 0.1) is 6.54 Å². The van der Waals surface area contributed by atoms with Crippen molar-refractivity contribution in [2.45, 2.75) is 58.0 Å². The Labute approximate surface area is 142 Å². The van der Waals surface area contributed by atoms with E-state index >= 15 is 0 Å². The van der Waals surface area contributed by atoms with Gasteiger partial charge in [-0.15, -0.1) is 0 Å². The van der Waals surface area contributed by atoms with Crippen LogP contribution in [0.1, 0.15) is 50.7 Å². The van der Waals surface area contributed by atoms with Crippen LogP contribution in [0, 0.1) is 0 Å². The molecule has 128 valence electrons. The highest BCUT2D eigenvalue weighted by Crippen LogP contribution is 2.22. The highest BCUT2D eigenvalue weighted by Gasteiger charge is 2.23. The molecule has 0 radical (unpaired) electrons. The number of nitrogens with one attached hydrogen (secondary N) is 1. The molecule has 2 aliphatic rings. The van der Waals surface area contributed by atoms with E-state index in [1.165, 1.54) is 12.8 Å². The van der Waals surface area contributed by atoms with Crippen molar-refractivity contribution in [3.63, 3.8) is 0 Å². The van der Waals surface area contributed by atoms with E-state index in [9.17, 15) is 0 Å². The van der Waals surface area contributed by atoms with Crippen LogP contribution in [-0.4, -0.2) is 43.9 Å². The van der Waals surface area contributed by atoms with Crippen molar-refractivity contribution in [2.75, 3.05) is 23.3 Å². The summed E-state index contributed by atoms with van der Waals surface area (Å²) in [6.45, 7) is 7.31. The lowest BCUT2D eigenvalue weighted by Gasteiger charge is -2.24. The number of hydrogen-bond donors (Lipinski definition) is 1. The summed E-state index contributed by atoms with van der Waals surface area (Å²) in [4.78, 5) is 15.8. The molecule has 4 heterocycles. The van der Waals surface area contributed by atoms with Crippen LogP contribution in [0.15, 0.2) is 12.4 Å². The lowest BCUT2D eigenvalue weighted by Crippen LogP contribution is -2.32. The van der Waals surface area contributed by atoms with E-state index in [-0.39, 0.29) is 0 Å². The van der Waals surface area contributed by atoms with E-state index < -0.39 is 0 Å². The van der Waals surface area contributed by atoms with Gasteiger partial charge in [0, 0.05) is 37.5 Å². The minimum Gasteiger partial charge on any atom is -0.365 e. The molecule has 24 heavy (non-hydrogen) atoms. The number of rotatable bonds is 4. The van der Waals surface area contributed by atoms with Gasteiger partial charge in [0.2, 0.25) is 0 Å². The van der Waals surface area contributed by atoms with Crippen LogP contribution in [0.3, 0.4) is 0 Å². The second kappa shape index (κ2) is 6.37. The van der Waals surface area contributed by atoms with Crippen LogP contribution in [0.25, 0.3) is 0 Å². The highest BCUT2D eigenvalue weighted by molar-refractivity contribution is 5.49. The van der Waals surface area contributed by atoms with E-state index in [4.69, 9.17) is 0 Å². The van der Waals surface area contributed by atoms with E-state index in [1.807, 2.05) is 0 Å². The minimum absolute atomic E-state index is 0.334. The highest BCUT2D eigenvalue weighted by atomic mass is 15.4. The molecule has 1 unspecified atom stereocenters. The number of aryl methyl sites for hydroxylation is 1. The fraction of sp³-hybridized carbons (Fsp3) is 0.647. The largest absolute Gasteiger partial charge is 0.365 e. The SMILES string of the molecule is CC(C)c1nc2n(n1)CC(Nc1cc(N3CCCC3)ncn1)CC2. The van der Waals surface area contributed by atoms with Crippen LogP contribution in [0.5, 0.6) is 0 Å². The first-order valence-electron chi connectivity index (χ1n) is 8.96. The van der Waals surface area contributed by atoms with Crippen LogP contribution >= 0.6 is 0 Å². The van der Waals surface area contributed by atoms with Gasteiger partial charge in [-0.3, -0.25) is 0 Å². The summed E-state index contributed by atoms with van der Waals surface area (Å²) in [7, 11) is 0. The Bertz CT molecular complexity index is 703. The second-order valence-electron chi connectivity index (χ2n) is 7.06. The second-order valence-corrected chi connectivity index (χ2v) is 7.06. The Morgan fingerprint density at radius 1 is 1.21 bits per heavy atom. The maximum atomic E-state index is 4.65. The maximum Gasteiger partial charge on any atom is 0.153 e. The molecule has 1 fully saturated rings. The fourth-order valence-electron chi connectivity index (χ4n) is 3.44. The third-order valence-corrected chi connectivity index (χ3v) is 4.83. The van der Waals surface area contributed by atoms with Crippen molar-refractivity contribution in [1.82, 2.24) is 24.7 Å². The molecule has 7 nitrogen and oxygen atoms in total. The number of anilines is 2. The molecule has 0 aliphatic carbocycles. The third-order valence-electron chi connectivity index (χ3n) is 4.83. The Morgan fingerprint density at radius 2 is 2.04 bits per heavy atom. The molecule has 0 aromatic carbocycles. The molecular formula is C17H25N7. The first-order valence-corrected chi connectivity index (χ1v) is 8.96. The summed E-state index contributed by atoms with van der Waals surface area (Å²) < 4.78 is 2.05. The molecule has 1 atom stereocenters. The lowest BCUT2D eigenvalue weighted by molar-refractivity contribution is 0.439. The van der Waals surface area contributed by atoms with Crippen molar-refractivity contribution in [3.8, 4) is 0 Å². The number of fused-ring (bicyclic) bond motifs is 1. The first kappa shape index (κ1) is 15.4. The predicted molar refractivity (Wildman–Crippen MR) is 93.3 cm³/mol. The van der Waals surface area contributed by atoms with Gasteiger partial charge >= 0.3 is 0 Å². The van der Waals surface area contributed by atoms with Gasteiger partial charge in [-0.05, 0) is 19.3 Å². The summed E-state index contributed by atoms with van der Waals surface area (Å²) >= 11 is 0. The zero-order chi connectivity index (χ0) is 16.5. The molecule has 1 saturated heterocycles. The minimum atomic E-state index is 0.334. The molecule has 0 amide bonds. The first-order chi connectivity index (χ1) is 11.7. The topological polar surface area (TPSA) is 71.8 Å². The van der Waals surface area contributed by atoms with Crippen molar-refractivity contribution < 1.29 is 0 Å². The molecule has 2 aliphatic heterocycles. The summed E-state index contributed by atoms with van der Waals surface area (Å²) in [6.07, 6.45) is 6.18. The van der Waals surface area contributed by atoms with E-state index in [0.29, 0.717) is 12.0 Å². The molecule has 4 rings (SSSR count). The average molecular weight is 327 g/mol. The van der Waals surface area contributed by atoms with Gasteiger partial charge in [0.1, 0.15) is 23.8 Å². The van der Waals surface area contributed by atoms with Gasteiger partial charge in [-0.25, -0.2) is 19.6 Å². The summed E-state index contributed by atoms with van der Waals surface area (Å²) in [6, 6.07) is 2.40. The fourth-order valence-corrected chi connectivity index (χ4v) is 3.44. The van der Waals surface area contributed by atoms with Gasteiger partial charge in [0.15, 0.2) is 5.82 Å². The van der Waals surface area contributed by atoms with Crippen LogP contribution in [0.4, 0.5) is 11.6 Å². The Balaban J connectivity index is 1.45. The molecular weight excluding hydrogens is 302 g/mol. The maximum absolute atomic E-state index is 4.65. The standard InChI is InChI=1S/C17H25N7/c1-12(2)17-21-15-6-5-13(10-24(15)22-17)20-14-9-16(19-11-18-14)23-7-3-4-8-23/h9,11-13H,3-8,10H2,1-2H3,(H,18,19,20). The summed E-state index contributed by atoms with van der Waals surface area (Å²) in [5.41, 5.74) is 0. The predicted octanol–water partition coefficient (Wildman–Crippen LogP) is 2.22. The number of nitrogens with zero attached hydrogens (tertiary/aromatic N) is 6. The van der Waals surface area contributed by atoms with Crippen molar-refractivity contribution in [3.05, 3.63) is 24.0 Å². The number of hydrogen-bond acceptors (Lipinski definition) is 6. The molecule has 7 heteroatoms. The zero-order valence-corrected chi connectivity index (χ0v) is 14.4. The normalized spacial score (nSPS) is 20.5. The van der Waals surface area contributed by atoms with E-state index in [0.717, 1.165) is 55.8 Å². The number of aromatic nitrogens is 5. The quantitative estimate of drug-likeness (QED) is 0.928. The van der Waals surface area contributed by atoms with E-state index in [2.05, 4.69) is 54.9 Å². The zero-order valence-electron chi connectivity index (χ0n) is 14.4. The summed E-state index contributed by atoms with van der Waals surface area (Å²) in [5.74, 6) is 4.37. The smallest absolute Gasteiger partial charge is 0.153 e. The molecule has 1 N–H and O–H groups in total. The van der Waals surface area contributed by atoms with Crippen LogP contribution < -0.4 is 10.2 Å².